The van der Waals surface area contributed by atoms with Crippen LogP contribution in [0.4, 0.5) is 13.2 Å². The molecular formula is C8H18F3N3O2S. The topological polar surface area (TPSA) is 66.6 Å². The lowest BCUT2D eigenvalue weighted by atomic mass is 10.5. The molecule has 0 bridgehead atoms. The molecule has 0 spiro atoms. The van der Waals surface area contributed by atoms with Gasteiger partial charge in [0.2, 0.25) is 0 Å². The molecule has 0 radical (unpaired) electrons. The Bertz CT molecular complexity index is 314. The lowest BCUT2D eigenvalue weighted by Crippen LogP contribution is -2.48. The van der Waals surface area contributed by atoms with Gasteiger partial charge in [-0.1, -0.05) is 13.8 Å². The number of rotatable bonds is 7. The number of alkyl halides is 3. The Hall–Kier alpha value is -0.380. The van der Waals surface area contributed by atoms with E-state index in [0.717, 1.165) is 4.31 Å². The first kappa shape index (κ1) is 16.6. The van der Waals surface area contributed by atoms with Gasteiger partial charge < -0.3 is 5.73 Å². The third kappa shape index (κ3) is 5.19. The molecular weight excluding hydrogens is 259 g/mol. The number of nitrogens with zero attached hydrogens (tertiary/aromatic N) is 2. The van der Waals surface area contributed by atoms with Crippen LogP contribution in [-0.2, 0) is 10.2 Å². The summed E-state index contributed by atoms with van der Waals surface area (Å²) >= 11 is 0. The average Bonchev–Trinajstić information content (AvgIpc) is 2.16. The van der Waals surface area contributed by atoms with Gasteiger partial charge in [-0.15, -0.1) is 0 Å². The number of hydrogen-bond donors (Lipinski definition) is 1. The molecule has 0 amide bonds. The van der Waals surface area contributed by atoms with E-state index in [1.807, 2.05) is 0 Å². The van der Waals surface area contributed by atoms with Crippen LogP contribution in [0.1, 0.15) is 13.8 Å². The summed E-state index contributed by atoms with van der Waals surface area (Å²) in [5.41, 5.74) is 5.14. The summed E-state index contributed by atoms with van der Waals surface area (Å²) in [6, 6.07) is 0. The molecule has 104 valence electrons. The van der Waals surface area contributed by atoms with Gasteiger partial charge in [0.1, 0.15) is 6.54 Å². The van der Waals surface area contributed by atoms with Crippen LogP contribution >= 0.6 is 0 Å². The molecule has 0 heterocycles. The maximum atomic E-state index is 12.3. The molecule has 0 aliphatic rings. The highest BCUT2D eigenvalue weighted by molar-refractivity contribution is 7.86. The van der Waals surface area contributed by atoms with Crippen LogP contribution in [0.5, 0.6) is 0 Å². The van der Waals surface area contributed by atoms with E-state index in [1.54, 1.807) is 13.8 Å². The van der Waals surface area contributed by atoms with Gasteiger partial charge in [0.15, 0.2) is 0 Å². The van der Waals surface area contributed by atoms with Crippen LogP contribution in [0.2, 0.25) is 0 Å². The fraction of sp³-hybridized carbons (Fsp3) is 1.00. The second-order valence-corrected chi connectivity index (χ2v) is 5.26. The van der Waals surface area contributed by atoms with Crippen molar-refractivity contribution in [2.24, 2.45) is 5.73 Å². The molecule has 0 aliphatic carbocycles. The van der Waals surface area contributed by atoms with Crippen LogP contribution in [0.3, 0.4) is 0 Å². The lowest BCUT2D eigenvalue weighted by Gasteiger charge is -2.28. The van der Waals surface area contributed by atoms with Crippen molar-refractivity contribution in [1.82, 2.24) is 8.61 Å². The molecule has 0 saturated carbocycles. The molecule has 0 unspecified atom stereocenters. The molecule has 0 aromatic rings. The van der Waals surface area contributed by atoms with Gasteiger partial charge in [-0.05, 0) is 0 Å². The lowest BCUT2D eigenvalue weighted by molar-refractivity contribution is -0.136. The van der Waals surface area contributed by atoms with Crippen molar-refractivity contribution in [1.29, 1.82) is 0 Å². The highest BCUT2D eigenvalue weighted by Gasteiger charge is 2.37. The van der Waals surface area contributed by atoms with Crippen LogP contribution in [0.25, 0.3) is 0 Å². The Morgan fingerprint density at radius 3 is 1.88 bits per heavy atom. The van der Waals surface area contributed by atoms with Gasteiger partial charge in [0.05, 0.1) is 0 Å². The van der Waals surface area contributed by atoms with E-state index >= 15 is 0 Å². The molecule has 9 heteroatoms. The Morgan fingerprint density at radius 1 is 1.12 bits per heavy atom. The normalized spacial score (nSPS) is 13.6. The summed E-state index contributed by atoms with van der Waals surface area (Å²) in [5, 5.41) is 0. The number of halogens is 3. The van der Waals surface area contributed by atoms with Gasteiger partial charge >= 0.3 is 6.18 Å². The first-order valence-electron chi connectivity index (χ1n) is 5.21. The van der Waals surface area contributed by atoms with Crippen LogP contribution in [0.15, 0.2) is 0 Å². The molecule has 0 atom stereocenters. The van der Waals surface area contributed by atoms with Crippen molar-refractivity contribution in [3.05, 3.63) is 0 Å². The zero-order valence-electron chi connectivity index (χ0n) is 9.87. The summed E-state index contributed by atoms with van der Waals surface area (Å²) in [4.78, 5) is 0. The van der Waals surface area contributed by atoms with E-state index in [9.17, 15) is 21.6 Å². The van der Waals surface area contributed by atoms with Gasteiger partial charge in [0, 0.05) is 26.2 Å². The Kier molecular flexibility index (Phi) is 6.38. The fourth-order valence-corrected chi connectivity index (χ4v) is 2.96. The largest absolute Gasteiger partial charge is 0.402 e. The van der Waals surface area contributed by atoms with Gasteiger partial charge in [-0.25, -0.2) is 0 Å². The predicted octanol–water partition coefficient (Wildman–Crippen LogP) is 0.396. The van der Waals surface area contributed by atoms with E-state index in [-0.39, 0.29) is 26.2 Å². The first-order chi connectivity index (χ1) is 7.69. The highest BCUT2D eigenvalue weighted by Crippen LogP contribution is 2.19. The van der Waals surface area contributed by atoms with Crippen molar-refractivity contribution < 1.29 is 21.6 Å². The quantitative estimate of drug-likeness (QED) is 0.732. The minimum absolute atomic E-state index is 0.123. The fourth-order valence-electron chi connectivity index (χ4n) is 1.33. The van der Waals surface area contributed by atoms with E-state index in [4.69, 9.17) is 5.73 Å². The molecule has 0 fully saturated rings. The van der Waals surface area contributed by atoms with E-state index in [1.165, 1.54) is 0 Å². The molecule has 0 rings (SSSR count). The van der Waals surface area contributed by atoms with Crippen molar-refractivity contribution >= 4 is 10.2 Å². The second kappa shape index (κ2) is 6.53. The van der Waals surface area contributed by atoms with Crippen molar-refractivity contribution in [2.75, 3.05) is 32.7 Å². The maximum Gasteiger partial charge on any atom is 0.402 e. The van der Waals surface area contributed by atoms with E-state index < -0.39 is 22.9 Å². The number of hydrogen-bond acceptors (Lipinski definition) is 3. The Morgan fingerprint density at radius 2 is 1.59 bits per heavy atom. The second-order valence-electron chi connectivity index (χ2n) is 3.33. The third-order valence-electron chi connectivity index (χ3n) is 2.09. The third-order valence-corrected chi connectivity index (χ3v) is 4.23. The summed E-state index contributed by atoms with van der Waals surface area (Å²) in [6.07, 6.45) is -4.57. The molecule has 0 aliphatic heterocycles. The van der Waals surface area contributed by atoms with Crippen LogP contribution in [-0.4, -0.2) is 55.9 Å². The van der Waals surface area contributed by atoms with Crippen LogP contribution < -0.4 is 5.73 Å². The molecule has 0 aromatic heterocycles. The Labute approximate surface area is 99.5 Å². The van der Waals surface area contributed by atoms with Crippen molar-refractivity contribution in [3.8, 4) is 0 Å². The van der Waals surface area contributed by atoms with Gasteiger partial charge in [-0.2, -0.15) is 30.2 Å². The number of nitrogens with two attached hydrogens (primary N) is 1. The highest BCUT2D eigenvalue weighted by atomic mass is 32.2. The van der Waals surface area contributed by atoms with Gasteiger partial charge in [0.25, 0.3) is 10.2 Å². The molecule has 17 heavy (non-hydrogen) atoms. The zero-order valence-corrected chi connectivity index (χ0v) is 10.7. The minimum Gasteiger partial charge on any atom is -0.329 e. The smallest absolute Gasteiger partial charge is 0.329 e. The van der Waals surface area contributed by atoms with Crippen molar-refractivity contribution in [2.45, 2.75) is 20.0 Å². The summed E-state index contributed by atoms with van der Waals surface area (Å²) in [6.45, 7) is 1.36. The van der Waals surface area contributed by atoms with Gasteiger partial charge in [-0.3, -0.25) is 0 Å². The summed E-state index contributed by atoms with van der Waals surface area (Å²) < 4.78 is 61.8. The Balaban J connectivity index is 5.03. The molecule has 0 saturated heterocycles. The predicted molar refractivity (Wildman–Crippen MR) is 58.5 cm³/mol. The summed E-state index contributed by atoms with van der Waals surface area (Å²) in [7, 11) is -4.09. The minimum atomic E-state index is -4.57. The average molecular weight is 277 g/mol. The van der Waals surface area contributed by atoms with E-state index in [2.05, 4.69) is 0 Å². The molecule has 2 N–H and O–H groups in total. The van der Waals surface area contributed by atoms with Crippen LogP contribution in [0, 0.1) is 0 Å². The maximum absolute atomic E-state index is 12.3. The van der Waals surface area contributed by atoms with E-state index in [0.29, 0.717) is 4.31 Å². The SMILES string of the molecule is CCN(CC)S(=O)(=O)N(CCN)CC(F)(F)F. The first-order valence-corrected chi connectivity index (χ1v) is 6.60. The molecule has 0 aromatic carbocycles. The monoisotopic (exact) mass is 277 g/mol. The van der Waals surface area contributed by atoms with Crippen molar-refractivity contribution in [3.63, 3.8) is 0 Å². The molecule has 5 nitrogen and oxygen atoms in total. The summed E-state index contributed by atoms with van der Waals surface area (Å²) in [5.74, 6) is 0. The zero-order chi connectivity index (χ0) is 13.7. The standard InChI is InChI=1S/C8H18F3N3O2S/c1-3-13(4-2)17(15,16)14(6-5-12)7-8(9,10)11/h3-7,12H2,1-2H3.